The van der Waals surface area contributed by atoms with Crippen molar-refractivity contribution in [2.75, 3.05) is 13.2 Å². The Bertz CT molecular complexity index is 790. The van der Waals surface area contributed by atoms with Crippen molar-refractivity contribution in [3.8, 4) is 22.5 Å². The molecule has 0 amide bonds. The number of rotatable bonds is 5. The highest BCUT2D eigenvalue weighted by atomic mass is 16.5. The first-order valence-corrected chi connectivity index (χ1v) is 9.00. The average Bonchev–Trinajstić information content (AvgIpc) is 3.17. The molecule has 0 spiro atoms. The van der Waals surface area contributed by atoms with E-state index < -0.39 is 0 Å². The summed E-state index contributed by atoms with van der Waals surface area (Å²) < 4.78 is 7.85. The first-order chi connectivity index (χ1) is 12.4. The molecule has 1 fully saturated rings. The van der Waals surface area contributed by atoms with Crippen molar-refractivity contribution in [1.82, 2.24) is 14.5 Å². The summed E-state index contributed by atoms with van der Waals surface area (Å²) in [5.74, 6) is 1.71. The SMILES string of the molecule is c1cncc(-c2ccc(-c3nccn3CCC3CCCOC3)cc2)c1. The van der Waals surface area contributed by atoms with Crippen molar-refractivity contribution in [3.63, 3.8) is 0 Å². The normalized spacial score (nSPS) is 17.5. The third-order valence-electron chi connectivity index (χ3n) is 4.89. The smallest absolute Gasteiger partial charge is 0.139 e. The Morgan fingerprint density at radius 3 is 2.68 bits per heavy atom. The van der Waals surface area contributed by atoms with Crippen LogP contribution < -0.4 is 0 Å². The van der Waals surface area contributed by atoms with Crippen LogP contribution in [-0.2, 0) is 11.3 Å². The zero-order valence-electron chi connectivity index (χ0n) is 14.3. The fraction of sp³-hybridized carbons (Fsp3) is 0.333. The maximum atomic E-state index is 5.59. The second-order valence-electron chi connectivity index (χ2n) is 6.64. The molecular weight excluding hydrogens is 310 g/mol. The lowest BCUT2D eigenvalue weighted by Crippen LogP contribution is -2.19. The minimum atomic E-state index is 0.678. The minimum absolute atomic E-state index is 0.678. The molecule has 1 unspecified atom stereocenters. The lowest BCUT2D eigenvalue weighted by Gasteiger charge is -2.22. The minimum Gasteiger partial charge on any atom is -0.381 e. The molecule has 1 aliphatic heterocycles. The largest absolute Gasteiger partial charge is 0.381 e. The van der Waals surface area contributed by atoms with Gasteiger partial charge in [0.15, 0.2) is 0 Å². The number of hydrogen-bond acceptors (Lipinski definition) is 3. The first kappa shape index (κ1) is 16.0. The van der Waals surface area contributed by atoms with Crippen LogP contribution in [0.4, 0.5) is 0 Å². The Morgan fingerprint density at radius 2 is 1.92 bits per heavy atom. The summed E-state index contributed by atoms with van der Waals surface area (Å²) >= 11 is 0. The van der Waals surface area contributed by atoms with E-state index in [1.54, 1.807) is 6.20 Å². The van der Waals surface area contributed by atoms with E-state index in [0.717, 1.165) is 43.1 Å². The van der Waals surface area contributed by atoms with Crippen LogP contribution >= 0.6 is 0 Å². The van der Waals surface area contributed by atoms with Crippen molar-refractivity contribution in [1.29, 1.82) is 0 Å². The average molecular weight is 333 g/mol. The van der Waals surface area contributed by atoms with Gasteiger partial charge in [0.1, 0.15) is 5.82 Å². The zero-order valence-corrected chi connectivity index (χ0v) is 14.3. The maximum absolute atomic E-state index is 5.59. The third kappa shape index (κ3) is 3.80. The first-order valence-electron chi connectivity index (χ1n) is 9.00. The number of nitrogens with zero attached hydrogens (tertiary/aromatic N) is 3. The van der Waals surface area contributed by atoms with E-state index in [1.807, 2.05) is 18.5 Å². The number of ether oxygens (including phenoxy) is 1. The van der Waals surface area contributed by atoms with E-state index in [0.29, 0.717) is 5.92 Å². The van der Waals surface area contributed by atoms with Crippen molar-refractivity contribution in [2.24, 2.45) is 5.92 Å². The van der Waals surface area contributed by atoms with Crippen LogP contribution in [0.5, 0.6) is 0 Å². The Labute approximate surface area is 148 Å². The van der Waals surface area contributed by atoms with Gasteiger partial charge in [-0.15, -0.1) is 0 Å². The molecule has 0 radical (unpaired) electrons. The van der Waals surface area contributed by atoms with E-state index in [9.17, 15) is 0 Å². The molecule has 1 atom stereocenters. The fourth-order valence-corrected chi connectivity index (χ4v) is 3.45. The molecule has 25 heavy (non-hydrogen) atoms. The highest BCUT2D eigenvalue weighted by Crippen LogP contribution is 2.25. The van der Waals surface area contributed by atoms with Gasteiger partial charge >= 0.3 is 0 Å². The molecule has 1 saturated heterocycles. The summed E-state index contributed by atoms with van der Waals surface area (Å²) in [5.41, 5.74) is 3.46. The van der Waals surface area contributed by atoms with Gasteiger partial charge in [0, 0.05) is 50.1 Å². The predicted octanol–water partition coefficient (Wildman–Crippen LogP) is 4.43. The number of hydrogen-bond donors (Lipinski definition) is 0. The quantitative estimate of drug-likeness (QED) is 0.693. The number of imidazole rings is 1. The summed E-state index contributed by atoms with van der Waals surface area (Å²) in [6, 6.07) is 12.6. The van der Waals surface area contributed by atoms with Gasteiger partial charge in [0.05, 0.1) is 0 Å². The van der Waals surface area contributed by atoms with E-state index in [1.165, 1.54) is 18.4 Å². The maximum Gasteiger partial charge on any atom is 0.139 e. The highest BCUT2D eigenvalue weighted by molar-refractivity contribution is 5.67. The molecule has 3 aromatic rings. The summed E-state index contributed by atoms with van der Waals surface area (Å²) in [6.07, 6.45) is 11.3. The van der Waals surface area contributed by atoms with Crippen LogP contribution in [-0.4, -0.2) is 27.7 Å². The standard InChI is InChI=1S/C21H23N3O/c1-4-20(15-22-10-1)18-5-7-19(8-6-18)21-23-11-13-24(21)12-9-17-3-2-14-25-16-17/h1,4-8,10-11,13,15,17H,2-3,9,12,14,16H2. The molecular formula is C21H23N3O. The molecule has 2 aromatic heterocycles. The molecule has 1 aromatic carbocycles. The van der Waals surface area contributed by atoms with Crippen LogP contribution in [0, 0.1) is 5.92 Å². The Kier molecular flexibility index (Phi) is 4.89. The van der Waals surface area contributed by atoms with Gasteiger partial charge in [-0.05, 0) is 42.4 Å². The molecule has 4 rings (SSSR count). The van der Waals surface area contributed by atoms with Crippen molar-refractivity contribution in [3.05, 3.63) is 61.2 Å². The van der Waals surface area contributed by atoms with Crippen LogP contribution in [0.1, 0.15) is 19.3 Å². The summed E-state index contributed by atoms with van der Waals surface area (Å²) in [4.78, 5) is 8.76. The van der Waals surface area contributed by atoms with Crippen LogP contribution in [0.25, 0.3) is 22.5 Å². The molecule has 0 aliphatic carbocycles. The van der Waals surface area contributed by atoms with E-state index in [-0.39, 0.29) is 0 Å². The molecule has 4 nitrogen and oxygen atoms in total. The summed E-state index contributed by atoms with van der Waals surface area (Å²) in [5, 5.41) is 0. The molecule has 0 saturated carbocycles. The topological polar surface area (TPSA) is 39.9 Å². The van der Waals surface area contributed by atoms with Gasteiger partial charge < -0.3 is 9.30 Å². The fourth-order valence-electron chi connectivity index (χ4n) is 3.45. The molecule has 4 heteroatoms. The summed E-state index contributed by atoms with van der Waals surface area (Å²) in [7, 11) is 0. The monoisotopic (exact) mass is 333 g/mol. The second kappa shape index (κ2) is 7.62. The van der Waals surface area contributed by atoms with Gasteiger partial charge in [-0.25, -0.2) is 4.98 Å². The van der Waals surface area contributed by atoms with Crippen molar-refractivity contribution >= 4 is 0 Å². The van der Waals surface area contributed by atoms with Crippen LogP contribution in [0.15, 0.2) is 61.2 Å². The van der Waals surface area contributed by atoms with Gasteiger partial charge in [0.25, 0.3) is 0 Å². The Balaban J connectivity index is 1.48. The lowest BCUT2D eigenvalue weighted by atomic mass is 9.98. The Morgan fingerprint density at radius 1 is 1.04 bits per heavy atom. The Hall–Kier alpha value is -2.46. The van der Waals surface area contributed by atoms with Gasteiger partial charge in [-0.2, -0.15) is 0 Å². The highest BCUT2D eigenvalue weighted by Gasteiger charge is 2.15. The molecule has 128 valence electrons. The number of aromatic nitrogens is 3. The second-order valence-corrected chi connectivity index (χ2v) is 6.64. The number of aryl methyl sites for hydroxylation is 1. The molecule has 0 N–H and O–H groups in total. The lowest BCUT2D eigenvalue weighted by molar-refractivity contribution is 0.0501. The molecule has 0 bridgehead atoms. The third-order valence-corrected chi connectivity index (χ3v) is 4.89. The zero-order chi connectivity index (χ0) is 16.9. The van der Waals surface area contributed by atoms with Crippen LogP contribution in [0.3, 0.4) is 0 Å². The summed E-state index contributed by atoms with van der Waals surface area (Å²) in [6.45, 7) is 2.83. The van der Waals surface area contributed by atoms with Gasteiger partial charge in [-0.3, -0.25) is 4.98 Å². The van der Waals surface area contributed by atoms with E-state index >= 15 is 0 Å². The van der Waals surface area contributed by atoms with Crippen molar-refractivity contribution < 1.29 is 4.74 Å². The van der Waals surface area contributed by atoms with E-state index in [2.05, 4.69) is 51.1 Å². The van der Waals surface area contributed by atoms with Crippen LogP contribution in [0.2, 0.25) is 0 Å². The van der Waals surface area contributed by atoms with Crippen molar-refractivity contribution in [2.45, 2.75) is 25.8 Å². The predicted molar refractivity (Wildman–Crippen MR) is 99.1 cm³/mol. The number of benzene rings is 1. The van der Waals surface area contributed by atoms with E-state index in [4.69, 9.17) is 4.74 Å². The van der Waals surface area contributed by atoms with Gasteiger partial charge in [0.2, 0.25) is 0 Å². The van der Waals surface area contributed by atoms with Gasteiger partial charge in [-0.1, -0.05) is 30.3 Å². The number of pyridine rings is 1. The molecule has 1 aliphatic rings. The molecule has 3 heterocycles.